The van der Waals surface area contributed by atoms with Crippen molar-refractivity contribution < 1.29 is 22.0 Å². The van der Waals surface area contributed by atoms with Crippen LogP contribution in [0.2, 0.25) is 0 Å². The summed E-state index contributed by atoms with van der Waals surface area (Å²) in [5.74, 6) is 0.914. The van der Waals surface area contributed by atoms with E-state index in [1.807, 2.05) is 25.3 Å². The van der Waals surface area contributed by atoms with Crippen molar-refractivity contribution in [1.82, 2.24) is 9.29 Å². The first-order valence-electron chi connectivity index (χ1n) is 9.29. The molecule has 0 aromatic carbocycles. The van der Waals surface area contributed by atoms with Gasteiger partial charge in [-0.05, 0) is 44.9 Å². The third kappa shape index (κ3) is 4.00. The van der Waals surface area contributed by atoms with E-state index in [1.54, 1.807) is 0 Å². The number of aryl methyl sites for hydroxylation is 2. The third-order valence-electron chi connectivity index (χ3n) is 4.76. The quantitative estimate of drug-likeness (QED) is 0.648. The lowest BCUT2D eigenvalue weighted by Gasteiger charge is -2.24. The van der Waals surface area contributed by atoms with Gasteiger partial charge in [-0.3, -0.25) is 10.1 Å². The minimum atomic E-state index is -3.72. The summed E-state index contributed by atoms with van der Waals surface area (Å²) in [6.45, 7) is 4.66. The number of carbonyl (C=O) groups is 1. The molecule has 4 heterocycles. The lowest BCUT2D eigenvalue weighted by atomic mass is 10.2. The lowest BCUT2D eigenvalue weighted by Crippen LogP contribution is -2.35. The zero-order valence-corrected chi connectivity index (χ0v) is 17.7. The van der Waals surface area contributed by atoms with Gasteiger partial charge in [0, 0.05) is 24.0 Å². The highest BCUT2D eigenvalue weighted by atomic mass is 32.2. The number of hydrogen-bond acceptors (Lipinski definition) is 7. The van der Waals surface area contributed by atoms with E-state index < -0.39 is 15.9 Å². The standard InChI is InChI=1S/C19H21N3O5S2/c1-12-10-14(13(2)26-12)15-11-28-19(20-15)21-18(23)16-6-7-17(27-16)29(24,25)22-8-4-3-5-9-22/h6-7,10-11H,3-5,8-9H2,1-2H3,(H,20,21,23). The van der Waals surface area contributed by atoms with Crippen LogP contribution in [0.5, 0.6) is 0 Å². The number of carbonyl (C=O) groups excluding carboxylic acids is 1. The number of thiazole rings is 1. The predicted molar refractivity (Wildman–Crippen MR) is 109 cm³/mol. The lowest BCUT2D eigenvalue weighted by molar-refractivity contribution is 0.0991. The van der Waals surface area contributed by atoms with E-state index in [1.165, 1.54) is 27.8 Å². The Hall–Kier alpha value is -2.43. The maximum absolute atomic E-state index is 12.7. The Balaban J connectivity index is 1.48. The van der Waals surface area contributed by atoms with E-state index in [0.717, 1.165) is 36.3 Å². The molecule has 1 N–H and O–H groups in total. The normalized spacial score (nSPS) is 15.5. The summed E-state index contributed by atoms with van der Waals surface area (Å²) in [5, 5.41) is 4.65. The van der Waals surface area contributed by atoms with Crippen molar-refractivity contribution >= 4 is 32.4 Å². The SMILES string of the molecule is Cc1cc(-c2csc(NC(=O)c3ccc(S(=O)(=O)N4CCCCC4)o3)n2)c(C)o1. The van der Waals surface area contributed by atoms with Crippen LogP contribution in [0.25, 0.3) is 11.3 Å². The van der Waals surface area contributed by atoms with Crippen molar-refractivity contribution in [3.63, 3.8) is 0 Å². The molecule has 8 nitrogen and oxygen atoms in total. The number of piperidine rings is 1. The highest BCUT2D eigenvalue weighted by Gasteiger charge is 2.29. The van der Waals surface area contributed by atoms with Gasteiger partial charge in [-0.25, -0.2) is 13.4 Å². The van der Waals surface area contributed by atoms with Crippen molar-refractivity contribution in [2.45, 2.75) is 38.2 Å². The maximum Gasteiger partial charge on any atom is 0.293 e. The first kappa shape index (κ1) is 19.9. The zero-order chi connectivity index (χ0) is 20.6. The molecule has 0 radical (unpaired) electrons. The van der Waals surface area contributed by atoms with Gasteiger partial charge in [-0.15, -0.1) is 11.3 Å². The molecule has 0 aliphatic carbocycles. The second-order valence-electron chi connectivity index (χ2n) is 6.90. The fraction of sp³-hybridized carbons (Fsp3) is 0.368. The van der Waals surface area contributed by atoms with Crippen LogP contribution < -0.4 is 5.32 Å². The first-order chi connectivity index (χ1) is 13.8. The van der Waals surface area contributed by atoms with Gasteiger partial charge < -0.3 is 8.83 Å². The van der Waals surface area contributed by atoms with E-state index in [4.69, 9.17) is 8.83 Å². The predicted octanol–water partition coefficient (Wildman–Crippen LogP) is 4.04. The molecule has 3 aromatic heterocycles. The molecule has 0 saturated carbocycles. The number of amides is 1. The van der Waals surface area contributed by atoms with Crippen molar-refractivity contribution in [2.24, 2.45) is 0 Å². The maximum atomic E-state index is 12.7. The summed E-state index contributed by atoms with van der Waals surface area (Å²) < 4.78 is 37.6. The van der Waals surface area contributed by atoms with Gasteiger partial charge in [0.1, 0.15) is 11.5 Å². The van der Waals surface area contributed by atoms with Crippen LogP contribution in [-0.2, 0) is 10.0 Å². The molecule has 1 saturated heterocycles. The summed E-state index contributed by atoms with van der Waals surface area (Å²) in [4.78, 5) is 16.9. The fourth-order valence-corrected chi connectivity index (χ4v) is 5.45. The fourth-order valence-electron chi connectivity index (χ4n) is 3.31. The molecule has 0 bridgehead atoms. The minimum Gasteiger partial charge on any atom is -0.466 e. The van der Waals surface area contributed by atoms with Crippen molar-refractivity contribution in [3.05, 3.63) is 40.9 Å². The molecular formula is C19H21N3O5S2. The molecule has 0 atom stereocenters. The smallest absolute Gasteiger partial charge is 0.293 e. The largest absolute Gasteiger partial charge is 0.466 e. The van der Waals surface area contributed by atoms with Crippen molar-refractivity contribution in [2.75, 3.05) is 18.4 Å². The molecular weight excluding hydrogens is 414 g/mol. The van der Waals surface area contributed by atoms with E-state index in [-0.39, 0.29) is 10.9 Å². The average molecular weight is 436 g/mol. The Morgan fingerprint density at radius 2 is 1.93 bits per heavy atom. The van der Waals surface area contributed by atoms with Crippen LogP contribution in [0.1, 0.15) is 41.3 Å². The molecule has 154 valence electrons. The molecule has 0 spiro atoms. The summed E-state index contributed by atoms with van der Waals surface area (Å²) in [6.07, 6.45) is 2.68. The number of anilines is 1. The summed E-state index contributed by atoms with van der Waals surface area (Å²) >= 11 is 1.27. The Labute approximate surface area is 172 Å². The third-order valence-corrected chi connectivity index (χ3v) is 7.29. The van der Waals surface area contributed by atoms with Gasteiger partial charge in [0.25, 0.3) is 15.9 Å². The van der Waals surface area contributed by atoms with Gasteiger partial charge in [0.15, 0.2) is 10.9 Å². The Bertz CT molecular complexity index is 1140. The topological polar surface area (TPSA) is 106 Å². The number of hydrogen-bond donors (Lipinski definition) is 1. The molecule has 1 fully saturated rings. The molecule has 10 heteroatoms. The van der Waals surface area contributed by atoms with E-state index >= 15 is 0 Å². The number of sulfonamides is 1. The Kier molecular flexibility index (Phi) is 5.32. The number of nitrogens with one attached hydrogen (secondary N) is 1. The van der Waals surface area contributed by atoms with Crippen LogP contribution in [0, 0.1) is 13.8 Å². The van der Waals surface area contributed by atoms with Crippen LogP contribution in [0.15, 0.2) is 37.5 Å². The molecule has 1 aliphatic heterocycles. The molecule has 1 aliphatic rings. The minimum absolute atomic E-state index is 0.0762. The molecule has 1 amide bonds. The van der Waals surface area contributed by atoms with Gasteiger partial charge in [-0.2, -0.15) is 4.31 Å². The Morgan fingerprint density at radius 3 is 2.62 bits per heavy atom. The van der Waals surface area contributed by atoms with Crippen LogP contribution in [0.3, 0.4) is 0 Å². The van der Waals surface area contributed by atoms with Crippen molar-refractivity contribution in [3.8, 4) is 11.3 Å². The Morgan fingerprint density at radius 1 is 1.17 bits per heavy atom. The van der Waals surface area contributed by atoms with Gasteiger partial charge in [-0.1, -0.05) is 6.42 Å². The second kappa shape index (κ2) is 7.77. The van der Waals surface area contributed by atoms with E-state index in [2.05, 4.69) is 10.3 Å². The first-order valence-corrected chi connectivity index (χ1v) is 11.6. The van der Waals surface area contributed by atoms with Gasteiger partial charge >= 0.3 is 0 Å². The summed E-state index contributed by atoms with van der Waals surface area (Å²) in [6, 6.07) is 4.58. The number of furan rings is 2. The molecule has 29 heavy (non-hydrogen) atoms. The molecule has 0 unspecified atom stereocenters. The van der Waals surface area contributed by atoms with E-state index in [9.17, 15) is 13.2 Å². The monoisotopic (exact) mass is 435 g/mol. The van der Waals surface area contributed by atoms with E-state index in [0.29, 0.717) is 23.9 Å². The highest BCUT2D eigenvalue weighted by Crippen LogP contribution is 2.30. The number of nitrogens with zero attached hydrogens (tertiary/aromatic N) is 2. The van der Waals surface area contributed by atoms with Gasteiger partial charge in [0.05, 0.1) is 5.69 Å². The number of aromatic nitrogens is 1. The number of rotatable bonds is 5. The van der Waals surface area contributed by atoms with Gasteiger partial charge in [0.2, 0.25) is 5.09 Å². The summed E-state index contributed by atoms with van der Waals surface area (Å²) in [5.41, 5.74) is 1.57. The average Bonchev–Trinajstić information content (AvgIpc) is 3.42. The highest BCUT2D eigenvalue weighted by molar-refractivity contribution is 7.89. The second-order valence-corrected chi connectivity index (χ2v) is 9.63. The van der Waals surface area contributed by atoms with Crippen LogP contribution in [0.4, 0.5) is 5.13 Å². The zero-order valence-electron chi connectivity index (χ0n) is 16.1. The van der Waals surface area contributed by atoms with Crippen LogP contribution >= 0.6 is 11.3 Å². The summed E-state index contributed by atoms with van der Waals surface area (Å²) in [7, 11) is -3.72. The molecule has 4 rings (SSSR count). The van der Waals surface area contributed by atoms with Crippen molar-refractivity contribution in [1.29, 1.82) is 0 Å². The van der Waals surface area contributed by atoms with Crippen LogP contribution in [-0.4, -0.2) is 36.7 Å². The molecule has 3 aromatic rings.